The third-order valence-electron chi connectivity index (χ3n) is 4.25. The molecule has 2 rings (SSSR count). The first-order valence-corrected chi connectivity index (χ1v) is 8.18. The molecule has 0 amide bonds. The summed E-state index contributed by atoms with van der Waals surface area (Å²) in [5.41, 5.74) is 0.385. The molecule has 0 aromatic carbocycles. The molecule has 2 aliphatic rings. The van der Waals surface area contributed by atoms with Gasteiger partial charge in [-0.2, -0.15) is 0 Å². The van der Waals surface area contributed by atoms with E-state index in [0.717, 1.165) is 12.8 Å². The molecule has 1 unspecified atom stereocenters. The molecule has 0 bridgehead atoms. The Balaban J connectivity index is 1.87. The number of rotatable bonds is 2. The maximum absolute atomic E-state index is 11.3. The molecular weight excluding hydrogens is 222 g/mol. The quantitative estimate of drug-likeness (QED) is 0.806. The van der Waals surface area contributed by atoms with Crippen molar-refractivity contribution in [1.82, 2.24) is 5.32 Å². The Bertz CT molecular complexity index is 334. The average Bonchev–Trinajstić information content (AvgIpc) is 2.50. The zero-order valence-electron chi connectivity index (χ0n) is 10.3. The van der Waals surface area contributed by atoms with Crippen molar-refractivity contribution in [2.45, 2.75) is 58.0 Å². The van der Waals surface area contributed by atoms with Crippen LogP contribution in [-0.2, 0) is 9.84 Å². The summed E-state index contributed by atoms with van der Waals surface area (Å²) in [5.74, 6) is 0.746. The van der Waals surface area contributed by atoms with Crippen LogP contribution in [0.1, 0.15) is 46.0 Å². The highest BCUT2D eigenvalue weighted by Crippen LogP contribution is 2.37. The molecule has 0 aromatic heterocycles. The lowest BCUT2D eigenvalue weighted by Crippen LogP contribution is -2.47. The second kappa shape index (κ2) is 4.30. The van der Waals surface area contributed by atoms with Crippen LogP contribution in [0.5, 0.6) is 0 Å². The fraction of sp³-hybridized carbons (Fsp3) is 1.00. The zero-order chi connectivity index (χ0) is 11.8. The third kappa shape index (κ3) is 2.77. The Morgan fingerprint density at radius 3 is 2.25 bits per heavy atom. The van der Waals surface area contributed by atoms with E-state index >= 15 is 0 Å². The Kier molecular flexibility index (Phi) is 3.32. The zero-order valence-corrected chi connectivity index (χ0v) is 11.1. The third-order valence-corrected chi connectivity index (χ3v) is 5.96. The molecule has 2 fully saturated rings. The summed E-state index contributed by atoms with van der Waals surface area (Å²) in [4.78, 5) is 0. The molecule has 1 heterocycles. The molecule has 1 saturated heterocycles. The maximum Gasteiger partial charge on any atom is 0.150 e. The lowest BCUT2D eigenvalue weighted by atomic mass is 9.86. The molecule has 0 spiro atoms. The van der Waals surface area contributed by atoms with Crippen LogP contribution in [0.2, 0.25) is 0 Å². The van der Waals surface area contributed by atoms with Crippen LogP contribution < -0.4 is 5.32 Å². The topological polar surface area (TPSA) is 46.2 Å². The summed E-state index contributed by atoms with van der Waals surface area (Å²) in [6.45, 7) is 4.63. The van der Waals surface area contributed by atoms with Crippen molar-refractivity contribution in [2.75, 3.05) is 11.5 Å². The Labute approximate surface area is 98.9 Å². The Hall–Kier alpha value is -0.0900. The van der Waals surface area contributed by atoms with Gasteiger partial charge < -0.3 is 5.32 Å². The highest BCUT2D eigenvalue weighted by atomic mass is 32.2. The largest absolute Gasteiger partial charge is 0.311 e. The van der Waals surface area contributed by atoms with Crippen molar-refractivity contribution in [1.29, 1.82) is 0 Å². The van der Waals surface area contributed by atoms with Gasteiger partial charge >= 0.3 is 0 Å². The number of nitrogens with one attached hydrogen (secondary N) is 1. The van der Waals surface area contributed by atoms with Crippen LogP contribution in [0.15, 0.2) is 0 Å². The molecule has 0 radical (unpaired) electrons. The normalized spacial score (nSPS) is 34.0. The van der Waals surface area contributed by atoms with E-state index in [1.54, 1.807) is 0 Å². The van der Waals surface area contributed by atoms with Gasteiger partial charge in [0.1, 0.15) is 9.84 Å². The molecule has 0 aromatic rings. The van der Waals surface area contributed by atoms with E-state index in [1.807, 2.05) is 0 Å². The van der Waals surface area contributed by atoms with Crippen molar-refractivity contribution in [3.63, 3.8) is 0 Å². The first-order valence-electron chi connectivity index (χ1n) is 6.36. The van der Waals surface area contributed by atoms with Crippen molar-refractivity contribution >= 4 is 9.84 Å². The molecule has 1 atom stereocenters. The van der Waals surface area contributed by atoms with Crippen LogP contribution in [-0.4, -0.2) is 32.0 Å². The Morgan fingerprint density at radius 1 is 1.12 bits per heavy atom. The minimum atomic E-state index is -2.72. The van der Waals surface area contributed by atoms with Crippen LogP contribution in [0.3, 0.4) is 0 Å². The fourth-order valence-corrected chi connectivity index (χ4v) is 4.47. The van der Waals surface area contributed by atoms with Gasteiger partial charge in [-0.15, -0.1) is 0 Å². The van der Waals surface area contributed by atoms with Gasteiger partial charge in [-0.05, 0) is 31.1 Å². The van der Waals surface area contributed by atoms with E-state index in [0.29, 0.717) is 29.0 Å². The predicted molar refractivity (Wildman–Crippen MR) is 66.2 cm³/mol. The smallest absolute Gasteiger partial charge is 0.150 e. The van der Waals surface area contributed by atoms with Crippen LogP contribution in [0.25, 0.3) is 0 Å². The second-order valence-corrected chi connectivity index (χ2v) is 8.33. The maximum atomic E-state index is 11.3. The van der Waals surface area contributed by atoms with Gasteiger partial charge in [-0.3, -0.25) is 0 Å². The summed E-state index contributed by atoms with van der Waals surface area (Å²) in [7, 11) is -2.72. The van der Waals surface area contributed by atoms with Crippen LogP contribution >= 0.6 is 0 Å². The summed E-state index contributed by atoms with van der Waals surface area (Å²) in [5, 5.41) is 3.68. The molecule has 4 heteroatoms. The van der Waals surface area contributed by atoms with E-state index in [2.05, 4.69) is 19.2 Å². The van der Waals surface area contributed by atoms with Crippen LogP contribution in [0, 0.1) is 5.41 Å². The summed E-state index contributed by atoms with van der Waals surface area (Å²) in [6.07, 6.45) is 5.44. The molecule has 1 saturated carbocycles. The molecule has 1 aliphatic heterocycles. The first-order chi connectivity index (χ1) is 7.39. The van der Waals surface area contributed by atoms with Gasteiger partial charge in [-0.1, -0.05) is 20.3 Å². The van der Waals surface area contributed by atoms with Crippen molar-refractivity contribution < 1.29 is 8.42 Å². The van der Waals surface area contributed by atoms with Crippen molar-refractivity contribution in [2.24, 2.45) is 5.41 Å². The number of hydrogen-bond donors (Lipinski definition) is 1. The van der Waals surface area contributed by atoms with E-state index in [-0.39, 0.29) is 0 Å². The monoisotopic (exact) mass is 245 g/mol. The Morgan fingerprint density at radius 2 is 1.75 bits per heavy atom. The molecule has 1 aliphatic carbocycles. The second-order valence-electron chi connectivity index (χ2n) is 6.03. The van der Waals surface area contributed by atoms with Gasteiger partial charge in [0.05, 0.1) is 11.5 Å². The molecule has 3 nitrogen and oxygen atoms in total. The fourth-order valence-electron chi connectivity index (χ4n) is 2.98. The highest BCUT2D eigenvalue weighted by molar-refractivity contribution is 7.91. The SMILES string of the molecule is CC1(C)CCCC1NC1CCS(=O)(=O)CC1. The summed E-state index contributed by atoms with van der Waals surface area (Å²) < 4.78 is 22.7. The van der Waals surface area contributed by atoms with E-state index < -0.39 is 9.84 Å². The molecule has 1 N–H and O–H groups in total. The number of sulfone groups is 1. The lowest BCUT2D eigenvalue weighted by Gasteiger charge is -2.33. The van der Waals surface area contributed by atoms with E-state index in [1.165, 1.54) is 19.3 Å². The molecule has 16 heavy (non-hydrogen) atoms. The molecular formula is C12H23NO2S. The minimum absolute atomic E-state index is 0.373. The first kappa shape index (κ1) is 12.4. The van der Waals surface area contributed by atoms with Crippen LogP contribution in [0.4, 0.5) is 0 Å². The molecule has 94 valence electrons. The average molecular weight is 245 g/mol. The summed E-state index contributed by atoms with van der Waals surface area (Å²) >= 11 is 0. The number of hydrogen-bond acceptors (Lipinski definition) is 3. The standard InChI is InChI=1S/C12H23NO2S/c1-12(2)7-3-4-11(12)13-10-5-8-16(14,15)9-6-10/h10-11,13H,3-9H2,1-2H3. The van der Waals surface area contributed by atoms with Crippen molar-refractivity contribution in [3.8, 4) is 0 Å². The van der Waals surface area contributed by atoms with E-state index in [9.17, 15) is 8.42 Å². The highest BCUT2D eigenvalue weighted by Gasteiger charge is 2.36. The van der Waals surface area contributed by atoms with E-state index in [4.69, 9.17) is 0 Å². The predicted octanol–water partition coefficient (Wildman–Crippen LogP) is 1.73. The van der Waals surface area contributed by atoms with Gasteiger partial charge in [0.2, 0.25) is 0 Å². The minimum Gasteiger partial charge on any atom is -0.311 e. The van der Waals surface area contributed by atoms with Gasteiger partial charge in [-0.25, -0.2) is 8.42 Å². The van der Waals surface area contributed by atoms with Gasteiger partial charge in [0.15, 0.2) is 0 Å². The van der Waals surface area contributed by atoms with Gasteiger partial charge in [0.25, 0.3) is 0 Å². The lowest BCUT2D eigenvalue weighted by molar-refractivity contribution is 0.254. The van der Waals surface area contributed by atoms with Gasteiger partial charge in [0, 0.05) is 12.1 Å². The summed E-state index contributed by atoms with van der Waals surface area (Å²) in [6, 6.07) is 1.00. The van der Waals surface area contributed by atoms with Crippen molar-refractivity contribution in [3.05, 3.63) is 0 Å².